The van der Waals surface area contributed by atoms with Crippen molar-refractivity contribution in [3.05, 3.63) is 64.7 Å². The highest BCUT2D eigenvalue weighted by molar-refractivity contribution is 6.31. The van der Waals surface area contributed by atoms with Crippen LogP contribution in [0.1, 0.15) is 11.1 Å². The fourth-order valence-electron chi connectivity index (χ4n) is 4.27. The normalized spacial score (nSPS) is 17.8. The van der Waals surface area contributed by atoms with Gasteiger partial charge in [0.05, 0.1) is 6.54 Å². The molecular weight excluding hydrogens is 438 g/mol. The van der Waals surface area contributed by atoms with Gasteiger partial charge in [-0.3, -0.25) is 14.6 Å². The molecule has 2 heterocycles. The quantitative estimate of drug-likeness (QED) is 0.730. The van der Waals surface area contributed by atoms with Crippen LogP contribution >= 0.6 is 11.6 Å². The molecule has 1 N–H and O–H groups in total. The van der Waals surface area contributed by atoms with Gasteiger partial charge in [0.2, 0.25) is 5.91 Å². The highest BCUT2D eigenvalue weighted by Crippen LogP contribution is 2.20. The summed E-state index contributed by atoms with van der Waals surface area (Å²) in [6.07, 6.45) is 0. The van der Waals surface area contributed by atoms with Crippen molar-refractivity contribution in [2.75, 3.05) is 64.2 Å². The van der Waals surface area contributed by atoms with E-state index in [1.54, 1.807) is 11.0 Å². The van der Waals surface area contributed by atoms with E-state index >= 15 is 0 Å². The summed E-state index contributed by atoms with van der Waals surface area (Å²) in [5.74, 6) is 0.150. The van der Waals surface area contributed by atoms with Crippen LogP contribution in [0.15, 0.2) is 48.5 Å². The lowest BCUT2D eigenvalue weighted by Gasteiger charge is -2.38. The average Bonchev–Trinajstić information content (AvgIpc) is 2.83. The molecule has 2 aromatic carbocycles. The molecule has 3 amide bonds. The molecule has 2 aliphatic rings. The molecule has 0 aliphatic carbocycles. The second-order valence-electron chi connectivity index (χ2n) is 8.80. The van der Waals surface area contributed by atoms with Crippen LogP contribution in [-0.4, -0.2) is 90.4 Å². The molecular formula is C25H32ClN5O2. The molecule has 176 valence electrons. The van der Waals surface area contributed by atoms with Crippen LogP contribution in [0, 0.1) is 6.92 Å². The molecule has 2 aromatic rings. The molecule has 8 heteroatoms. The monoisotopic (exact) mass is 469 g/mol. The number of nitrogens with zero attached hydrogens (tertiary/aromatic N) is 4. The van der Waals surface area contributed by atoms with E-state index in [-0.39, 0.29) is 11.9 Å². The standard InChI is InChI=1S/C25H32ClN5O2/c1-20-7-8-22(17-23(20)26)27-25(33)31-15-13-30(14-16-31)24(32)19-29-11-9-28(10-12-29)18-21-5-3-2-4-6-21/h2-8,17H,9-16,18-19H2,1H3,(H,27,33). The third-order valence-corrected chi connectivity index (χ3v) is 6.82. The van der Waals surface area contributed by atoms with E-state index in [9.17, 15) is 9.59 Å². The zero-order valence-corrected chi connectivity index (χ0v) is 19.9. The van der Waals surface area contributed by atoms with Gasteiger partial charge in [0.25, 0.3) is 0 Å². The minimum Gasteiger partial charge on any atom is -0.338 e. The fourth-order valence-corrected chi connectivity index (χ4v) is 4.45. The molecule has 0 unspecified atom stereocenters. The summed E-state index contributed by atoms with van der Waals surface area (Å²) >= 11 is 6.15. The van der Waals surface area contributed by atoms with E-state index in [1.807, 2.05) is 30.0 Å². The smallest absolute Gasteiger partial charge is 0.321 e. The Morgan fingerprint density at radius 2 is 1.48 bits per heavy atom. The summed E-state index contributed by atoms with van der Waals surface area (Å²) in [6.45, 7) is 9.27. The predicted octanol–water partition coefficient (Wildman–Crippen LogP) is 3.14. The van der Waals surface area contributed by atoms with Crippen LogP contribution in [0.4, 0.5) is 10.5 Å². The third-order valence-electron chi connectivity index (χ3n) is 6.42. The number of hydrogen-bond donors (Lipinski definition) is 1. The molecule has 0 saturated carbocycles. The Labute approximate surface area is 200 Å². The van der Waals surface area contributed by atoms with Gasteiger partial charge in [-0.2, -0.15) is 0 Å². The van der Waals surface area contributed by atoms with Gasteiger partial charge in [-0.15, -0.1) is 0 Å². The van der Waals surface area contributed by atoms with Crippen molar-refractivity contribution in [3.63, 3.8) is 0 Å². The van der Waals surface area contributed by atoms with Crippen molar-refractivity contribution >= 4 is 29.2 Å². The van der Waals surface area contributed by atoms with Crippen molar-refractivity contribution in [3.8, 4) is 0 Å². The van der Waals surface area contributed by atoms with Crippen molar-refractivity contribution in [2.45, 2.75) is 13.5 Å². The Morgan fingerprint density at radius 1 is 0.848 bits per heavy atom. The summed E-state index contributed by atoms with van der Waals surface area (Å²) < 4.78 is 0. The average molecular weight is 470 g/mol. The second kappa shape index (κ2) is 11.0. The topological polar surface area (TPSA) is 59.1 Å². The number of nitrogens with one attached hydrogen (secondary N) is 1. The van der Waals surface area contributed by atoms with E-state index in [2.05, 4.69) is 39.4 Å². The van der Waals surface area contributed by atoms with Crippen LogP contribution in [0.2, 0.25) is 5.02 Å². The molecule has 0 spiro atoms. The predicted molar refractivity (Wildman–Crippen MR) is 132 cm³/mol. The molecule has 33 heavy (non-hydrogen) atoms. The zero-order valence-electron chi connectivity index (χ0n) is 19.2. The Balaban J connectivity index is 1.17. The first-order valence-electron chi connectivity index (χ1n) is 11.6. The highest BCUT2D eigenvalue weighted by atomic mass is 35.5. The van der Waals surface area contributed by atoms with E-state index in [0.717, 1.165) is 38.3 Å². The molecule has 4 rings (SSSR count). The van der Waals surface area contributed by atoms with Gasteiger partial charge in [-0.1, -0.05) is 48.0 Å². The third kappa shape index (κ3) is 6.47. The lowest BCUT2D eigenvalue weighted by Crippen LogP contribution is -2.55. The van der Waals surface area contributed by atoms with Gasteiger partial charge in [0.1, 0.15) is 0 Å². The number of carbonyl (C=O) groups excluding carboxylic acids is 2. The van der Waals surface area contributed by atoms with E-state index in [1.165, 1.54) is 5.56 Å². The molecule has 0 radical (unpaired) electrons. The summed E-state index contributed by atoms with van der Waals surface area (Å²) in [6, 6.07) is 15.8. The number of rotatable bonds is 5. The molecule has 0 atom stereocenters. The molecule has 0 aromatic heterocycles. The first-order chi connectivity index (χ1) is 16.0. The van der Waals surface area contributed by atoms with Gasteiger partial charge in [0, 0.05) is 69.6 Å². The Bertz CT molecular complexity index is 955. The first kappa shape index (κ1) is 23.5. The number of carbonyl (C=O) groups is 2. The maximum Gasteiger partial charge on any atom is 0.321 e. The number of benzene rings is 2. The summed E-state index contributed by atoms with van der Waals surface area (Å²) in [4.78, 5) is 33.7. The zero-order chi connectivity index (χ0) is 23.2. The largest absolute Gasteiger partial charge is 0.338 e. The van der Waals surface area contributed by atoms with Gasteiger partial charge in [-0.25, -0.2) is 4.79 Å². The van der Waals surface area contributed by atoms with Crippen molar-refractivity contribution in [1.29, 1.82) is 0 Å². The summed E-state index contributed by atoms with van der Waals surface area (Å²) in [5.41, 5.74) is 2.98. The van der Waals surface area contributed by atoms with Gasteiger partial charge in [-0.05, 0) is 30.2 Å². The number of hydrogen-bond acceptors (Lipinski definition) is 4. The molecule has 7 nitrogen and oxygen atoms in total. The van der Waals surface area contributed by atoms with E-state index in [0.29, 0.717) is 43.4 Å². The van der Waals surface area contributed by atoms with Crippen molar-refractivity contribution in [1.82, 2.24) is 19.6 Å². The Morgan fingerprint density at radius 3 is 2.15 bits per heavy atom. The maximum atomic E-state index is 12.8. The first-order valence-corrected chi connectivity index (χ1v) is 11.9. The van der Waals surface area contributed by atoms with Gasteiger partial charge < -0.3 is 15.1 Å². The minimum absolute atomic E-state index is 0.150. The molecule has 2 saturated heterocycles. The summed E-state index contributed by atoms with van der Waals surface area (Å²) in [7, 11) is 0. The van der Waals surface area contributed by atoms with Crippen molar-refractivity contribution in [2.24, 2.45) is 0 Å². The number of piperazine rings is 2. The van der Waals surface area contributed by atoms with Crippen LogP contribution in [0.25, 0.3) is 0 Å². The van der Waals surface area contributed by atoms with Crippen LogP contribution in [-0.2, 0) is 11.3 Å². The molecule has 2 aliphatic heterocycles. The fraction of sp³-hybridized carbons (Fsp3) is 0.440. The summed E-state index contributed by atoms with van der Waals surface area (Å²) in [5, 5.41) is 3.53. The maximum absolute atomic E-state index is 12.8. The number of amides is 3. The highest BCUT2D eigenvalue weighted by Gasteiger charge is 2.26. The molecule has 0 bridgehead atoms. The lowest BCUT2D eigenvalue weighted by molar-refractivity contribution is -0.134. The number of urea groups is 1. The minimum atomic E-state index is -0.156. The van der Waals surface area contributed by atoms with E-state index in [4.69, 9.17) is 11.6 Å². The van der Waals surface area contributed by atoms with Gasteiger partial charge in [0.15, 0.2) is 0 Å². The molecule has 2 fully saturated rings. The second-order valence-corrected chi connectivity index (χ2v) is 9.21. The SMILES string of the molecule is Cc1ccc(NC(=O)N2CCN(C(=O)CN3CCN(Cc4ccccc4)CC3)CC2)cc1Cl. The van der Waals surface area contributed by atoms with E-state index < -0.39 is 0 Å². The van der Waals surface area contributed by atoms with Crippen LogP contribution in [0.3, 0.4) is 0 Å². The Hall–Kier alpha value is -2.61. The number of anilines is 1. The van der Waals surface area contributed by atoms with Gasteiger partial charge >= 0.3 is 6.03 Å². The van der Waals surface area contributed by atoms with Crippen molar-refractivity contribution < 1.29 is 9.59 Å². The number of halogens is 1. The Kier molecular flexibility index (Phi) is 7.85. The lowest BCUT2D eigenvalue weighted by atomic mass is 10.2. The van der Waals surface area contributed by atoms with Crippen LogP contribution in [0.5, 0.6) is 0 Å². The number of aryl methyl sites for hydroxylation is 1. The van der Waals surface area contributed by atoms with Crippen LogP contribution < -0.4 is 5.32 Å².